The molecular formula is C93H103N7. The zero-order valence-corrected chi connectivity index (χ0v) is 64.0. The standard InChI is InChI=1S/C93H103N7/c1-86(2,3)61-42-57(43-62(51-61)87(4,5)6)75-55-74(94-82(95-75)58-44-63(88(7,8)9)52-64(45-58)89(10,11)12)56-38-40-78(100-77-37-31-29-35-72(77)80-79(100)41-39-71-70-34-28-30-36-76(70)99(81(71)80)69-32-26-25-27-33-69)73(50-56)85-97-83(59-46-65(90(13,14)15)53-66(47-59)91(16,17)18)96-84(98-85)60-48-67(92(19,20)21)54-68(49-60)93(22,23)24/h25-55H,1-24H3. The molecule has 0 radical (unpaired) electrons. The molecule has 0 saturated carbocycles. The number of rotatable bonds is 8. The van der Waals surface area contributed by atoms with Crippen LogP contribution in [0.1, 0.15) is 211 Å². The van der Waals surface area contributed by atoms with Crippen molar-refractivity contribution >= 4 is 43.6 Å². The minimum atomic E-state index is -0.174. The summed E-state index contributed by atoms with van der Waals surface area (Å²) in [5, 5.41) is 4.69. The number of benzene rings is 9. The molecule has 7 heteroatoms. The van der Waals surface area contributed by atoms with E-state index < -0.39 is 0 Å². The van der Waals surface area contributed by atoms with Crippen LogP contribution in [0.25, 0.3) is 123 Å². The van der Waals surface area contributed by atoms with Gasteiger partial charge in [-0.15, -0.1) is 0 Å². The predicted molar refractivity (Wildman–Crippen MR) is 426 cm³/mol. The molecule has 4 aromatic heterocycles. The smallest absolute Gasteiger partial charge is 0.166 e. The van der Waals surface area contributed by atoms with E-state index in [0.717, 1.165) is 89.0 Å². The van der Waals surface area contributed by atoms with Crippen LogP contribution in [-0.4, -0.2) is 34.1 Å². The van der Waals surface area contributed by atoms with E-state index in [1.165, 1.54) is 55.3 Å². The zero-order valence-electron chi connectivity index (χ0n) is 64.0. The van der Waals surface area contributed by atoms with Crippen molar-refractivity contribution in [1.82, 2.24) is 34.1 Å². The molecule has 510 valence electrons. The second kappa shape index (κ2) is 24.2. The average molecular weight is 1320 g/mol. The van der Waals surface area contributed by atoms with E-state index in [4.69, 9.17) is 24.9 Å². The Kier molecular flexibility index (Phi) is 16.7. The number of hydrogen-bond donors (Lipinski definition) is 0. The molecule has 0 bridgehead atoms. The Morgan fingerprint density at radius 3 is 1.01 bits per heavy atom. The highest BCUT2D eigenvalue weighted by Gasteiger charge is 2.31. The molecule has 0 aliphatic carbocycles. The lowest BCUT2D eigenvalue weighted by molar-refractivity contribution is 0.568. The maximum Gasteiger partial charge on any atom is 0.166 e. The van der Waals surface area contributed by atoms with Crippen molar-refractivity contribution < 1.29 is 0 Å². The second-order valence-corrected chi connectivity index (χ2v) is 36.6. The topological polar surface area (TPSA) is 74.3 Å². The fourth-order valence-corrected chi connectivity index (χ4v) is 13.8. The van der Waals surface area contributed by atoms with E-state index in [-0.39, 0.29) is 43.3 Å². The fraction of sp³-hybridized carbons (Fsp3) is 0.344. The molecule has 13 rings (SSSR count). The fourth-order valence-electron chi connectivity index (χ4n) is 13.8. The van der Waals surface area contributed by atoms with Crippen LogP contribution in [0, 0.1) is 0 Å². The van der Waals surface area contributed by atoms with E-state index in [1.54, 1.807) is 0 Å². The summed E-state index contributed by atoms with van der Waals surface area (Å²) in [5.74, 6) is 2.43. The first-order valence-corrected chi connectivity index (χ1v) is 36.0. The van der Waals surface area contributed by atoms with Gasteiger partial charge in [0.15, 0.2) is 23.3 Å². The number of para-hydroxylation sites is 3. The van der Waals surface area contributed by atoms with Gasteiger partial charge < -0.3 is 9.13 Å². The Bertz CT molecular complexity index is 5040. The first kappa shape index (κ1) is 69.2. The molecule has 0 saturated heterocycles. The molecule has 0 unspecified atom stereocenters. The van der Waals surface area contributed by atoms with Crippen LogP contribution in [-0.2, 0) is 43.3 Å². The Hall–Kier alpha value is -9.33. The molecule has 100 heavy (non-hydrogen) atoms. The summed E-state index contributed by atoms with van der Waals surface area (Å²) in [5.41, 5.74) is 22.4. The molecular weight excluding hydrogens is 1220 g/mol. The van der Waals surface area contributed by atoms with E-state index in [1.807, 2.05) is 0 Å². The van der Waals surface area contributed by atoms with Crippen molar-refractivity contribution in [3.05, 3.63) is 233 Å². The quantitative estimate of drug-likeness (QED) is 0.152. The molecule has 4 heterocycles. The Morgan fingerprint density at radius 1 is 0.240 bits per heavy atom. The number of nitrogens with zero attached hydrogens (tertiary/aromatic N) is 7. The molecule has 0 fully saturated rings. The third-order valence-corrected chi connectivity index (χ3v) is 20.4. The van der Waals surface area contributed by atoms with Gasteiger partial charge in [0.25, 0.3) is 0 Å². The maximum absolute atomic E-state index is 5.87. The second-order valence-electron chi connectivity index (χ2n) is 36.6. The summed E-state index contributed by atoms with van der Waals surface area (Å²) >= 11 is 0. The van der Waals surface area contributed by atoms with Gasteiger partial charge in [0.1, 0.15) is 0 Å². The van der Waals surface area contributed by atoms with E-state index in [0.29, 0.717) is 23.3 Å². The molecule has 7 nitrogen and oxygen atoms in total. The van der Waals surface area contributed by atoms with Crippen LogP contribution < -0.4 is 0 Å². The van der Waals surface area contributed by atoms with Gasteiger partial charge >= 0.3 is 0 Å². The maximum atomic E-state index is 5.87. The summed E-state index contributed by atoms with van der Waals surface area (Å²) in [6.45, 7) is 55.2. The lowest BCUT2D eigenvalue weighted by Crippen LogP contribution is -2.17. The molecule has 0 N–H and O–H groups in total. The third kappa shape index (κ3) is 13.3. The van der Waals surface area contributed by atoms with Gasteiger partial charge in [-0.25, -0.2) is 24.9 Å². The SMILES string of the molecule is CC(C)(C)c1cc(-c2cc(-c3ccc(-n4c5ccccc5c5c4ccc4c6ccccc6n(-c6ccccc6)c45)c(-c4nc(-c5cc(C(C)(C)C)cc(C(C)(C)C)c5)nc(-c5cc(C(C)(C)C)cc(C(C)(C)C)c5)n4)c3)nc(-c3cc(C(C)(C)C)cc(C(C)(C)C)c3)n2)cc(C(C)(C)C)c1. The molecule has 0 aliphatic rings. The van der Waals surface area contributed by atoms with Crippen molar-refractivity contribution in [2.75, 3.05) is 0 Å². The monoisotopic (exact) mass is 1320 g/mol. The van der Waals surface area contributed by atoms with E-state index in [2.05, 4.69) is 363 Å². The first-order chi connectivity index (χ1) is 46.6. The molecule has 9 aromatic carbocycles. The minimum absolute atomic E-state index is 0.133. The van der Waals surface area contributed by atoms with Gasteiger partial charge in [-0.1, -0.05) is 257 Å². The summed E-state index contributed by atoms with van der Waals surface area (Å²) in [6, 6.07) is 70.5. The largest absolute Gasteiger partial charge is 0.309 e. The predicted octanol–water partition coefficient (Wildman–Crippen LogP) is 25.2. The van der Waals surface area contributed by atoms with Crippen LogP contribution >= 0.6 is 0 Å². The highest BCUT2D eigenvalue weighted by atomic mass is 15.1. The lowest BCUT2D eigenvalue weighted by Gasteiger charge is -2.27. The average Bonchev–Trinajstić information content (AvgIpc) is 1.54. The summed E-state index contributed by atoms with van der Waals surface area (Å²) < 4.78 is 4.92. The zero-order chi connectivity index (χ0) is 71.9. The van der Waals surface area contributed by atoms with Crippen LogP contribution in [0.5, 0.6) is 0 Å². The van der Waals surface area contributed by atoms with Gasteiger partial charge in [0.2, 0.25) is 0 Å². The van der Waals surface area contributed by atoms with Gasteiger partial charge in [-0.3, -0.25) is 0 Å². The van der Waals surface area contributed by atoms with Crippen LogP contribution in [0.4, 0.5) is 0 Å². The molecule has 0 spiro atoms. The van der Waals surface area contributed by atoms with Gasteiger partial charge in [0.05, 0.1) is 39.1 Å². The van der Waals surface area contributed by atoms with Crippen LogP contribution in [0.2, 0.25) is 0 Å². The van der Waals surface area contributed by atoms with Gasteiger partial charge in [-0.2, -0.15) is 0 Å². The third-order valence-electron chi connectivity index (χ3n) is 20.4. The number of hydrogen-bond acceptors (Lipinski definition) is 5. The summed E-state index contributed by atoms with van der Waals surface area (Å²) in [4.78, 5) is 28.9. The van der Waals surface area contributed by atoms with E-state index in [9.17, 15) is 0 Å². The molecule has 0 amide bonds. The minimum Gasteiger partial charge on any atom is -0.309 e. The van der Waals surface area contributed by atoms with Crippen molar-refractivity contribution in [2.24, 2.45) is 0 Å². The number of aromatic nitrogens is 7. The summed E-state index contributed by atoms with van der Waals surface area (Å²) in [6.07, 6.45) is 0. The van der Waals surface area contributed by atoms with E-state index >= 15 is 0 Å². The highest BCUT2D eigenvalue weighted by Crippen LogP contribution is 2.46. The highest BCUT2D eigenvalue weighted by molar-refractivity contribution is 6.26. The Labute approximate surface area is 595 Å². The Morgan fingerprint density at radius 2 is 0.590 bits per heavy atom. The Balaban J connectivity index is 1.19. The van der Waals surface area contributed by atoms with Crippen molar-refractivity contribution in [2.45, 2.75) is 209 Å². The normalized spacial score (nSPS) is 13.2. The van der Waals surface area contributed by atoms with Gasteiger partial charge in [-0.05, 0) is 185 Å². The van der Waals surface area contributed by atoms with Crippen molar-refractivity contribution in [3.8, 4) is 79.4 Å². The van der Waals surface area contributed by atoms with Crippen molar-refractivity contribution in [1.29, 1.82) is 0 Å². The molecule has 0 aliphatic heterocycles. The molecule has 0 atom stereocenters. The van der Waals surface area contributed by atoms with Crippen LogP contribution in [0.15, 0.2) is 188 Å². The lowest BCUT2D eigenvalue weighted by atomic mass is 9.79. The summed E-state index contributed by atoms with van der Waals surface area (Å²) in [7, 11) is 0. The number of fused-ring (bicyclic) bond motifs is 7. The first-order valence-electron chi connectivity index (χ1n) is 36.0. The van der Waals surface area contributed by atoms with Crippen molar-refractivity contribution in [3.63, 3.8) is 0 Å². The molecule has 13 aromatic rings. The van der Waals surface area contributed by atoms with Crippen LogP contribution in [0.3, 0.4) is 0 Å². The van der Waals surface area contributed by atoms with Gasteiger partial charge in [0, 0.05) is 60.6 Å².